The summed E-state index contributed by atoms with van der Waals surface area (Å²) in [5, 5.41) is 9.68. The number of thioether (sulfide) groups is 2. The molecule has 7 heteroatoms. The fraction of sp³-hybridized carbons (Fsp3) is 1.00. The van der Waals surface area contributed by atoms with Gasteiger partial charge >= 0.3 is 0 Å². The Morgan fingerprint density at radius 1 is 0.870 bits per heavy atom. The molecule has 2 fully saturated rings. The molecule has 0 saturated carbocycles. The standard InChI is InChI=1S/C16H30O5S2/c1-7-22-14(23-8-2)13-12(20-16(5,6)21-13)11-10(9-17)18-15(3,4)19-11/h10-14,17H,7-9H2,1-6H3/t10-,11+,12+,13-/m1/s1. The van der Waals surface area contributed by atoms with Gasteiger partial charge in [0.1, 0.15) is 24.4 Å². The molecular formula is C16H30O5S2. The Balaban J connectivity index is 2.22. The van der Waals surface area contributed by atoms with Crippen LogP contribution >= 0.6 is 23.5 Å². The molecule has 136 valence electrons. The maximum absolute atomic E-state index is 9.68. The van der Waals surface area contributed by atoms with Crippen LogP contribution in [-0.2, 0) is 18.9 Å². The third-order valence-electron chi connectivity index (χ3n) is 3.82. The number of ether oxygens (including phenoxy) is 4. The molecule has 2 aliphatic rings. The van der Waals surface area contributed by atoms with Gasteiger partial charge in [0.2, 0.25) is 0 Å². The van der Waals surface area contributed by atoms with Crippen molar-refractivity contribution in [3.63, 3.8) is 0 Å². The second-order valence-corrected chi connectivity index (χ2v) is 9.80. The minimum atomic E-state index is -0.718. The summed E-state index contributed by atoms with van der Waals surface area (Å²) in [4.78, 5) is 0. The molecule has 0 radical (unpaired) electrons. The maximum Gasteiger partial charge on any atom is 0.164 e. The van der Waals surface area contributed by atoms with Crippen LogP contribution in [0.4, 0.5) is 0 Å². The van der Waals surface area contributed by atoms with Crippen LogP contribution in [0.15, 0.2) is 0 Å². The molecule has 0 aromatic carbocycles. The summed E-state index contributed by atoms with van der Waals surface area (Å²) < 4.78 is 24.5. The molecule has 1 N–H and O–H groups in total. The average Bonchev–Trinajstić information content (AvgIpc) is 2.94. The minimum Gasteiger partial charge on any atom is -0.394 e. The summed E-state index contributed by atoms with van der Waals surface area (Å²) in [5.74, 6) is 0.652. The molecule has 0 spiro atoms. The van der Waals surface area contributed by atoms with Crippen molar-refractivity contribution in [2.45, 2.75) is 82.1 Å². The first kappa shape index (κ1) is 19.8. The van der Waals surface area contributed by atoms with Crippen molar-refractivity contribution in [3.8, 4) is 0 Å². The summed E-state index contributed by atoms with van der Waals surface area (Å²) in [6, 6.07) is 0. The van der Waals surface area contributed by atoms with E-state index >= 15 is 0 Å². The van der Waals surface area contributed by atoms with Gasteiger partial charge in [-0.25, -0.2) is 0 Å². The van der Waals surface area contributed by atoms with E-state index in [0.717, 1.165) is 11.5 Å². The van der Waals surface area contributed by atoms with Crippen molar-refractivity contribution < 1.29 is 24.1 Å². The van der Waals surface area contributed by atoms with Crippen LogP contribution in [0.1, 0.15) is 41.5 Å². The van der Waals surface area contributed by atoms with E-state index in [4.69, 9.17) is 18.9 Å². The predicted molar refractivity (Wildman–Crippen MR) is 94.8 cm³/mol. The van der Waals surface area contributed by atoms with Gasteiger partial charge in [-0.1, -0.05) is 13.8 Å². The molecule has 4 atom stereocenters. The Morgan fingerprint density at radius 2 is 1.39 bits per heavy atom. The van der Waals surface area contributed by atoms with Crippen molar-refractivity contribution in [1.29, 1.82) is 0 Å². The Morgan fingerprint density at radius 3 is 1.91 bits per heavy atom. The van der Waals surface area contributed by atoms with Crippen LogP contribution in [-0.4, -0.2) is 63.8 Å². The molecule has 2 heterocycles. The quantitative estimate of drug-likeness (QED) is 0.695. The Bertz CT molecular complexity index is 385. The average molecular weight is 367 g/mol. The summed E-state index contributed by atoms with van der Waals surface area (Å²) in [6.45, 7) is 11.8. The molecule has 2 saturated heterocycles. The minimum absolute atomic E-state index is 0.0897. The molecule has 0 bridgehead atoms. The number of hydrogen-bond donors (Lipinski definition) is 1. The van der Waals surface area contributed by atoms with Gasteiger partial charge < -0.3 is 24.1 Å². The molecule has 23 heavy (non-hydrogen) atoms. The van der Waals surface area contributed by atoms with E-state index in [9.17, 15) is 5.11 Å². The molecule has 2 rings (SSSR count). The van der Waals surface area contributed by atoms with E-state index in [1.54, 1.807) is 0 Å². The van der Waals surface area contributed by atoms with Crippen molar-refractivity contribution in [2.24, 2.45) is 0 Å². The molecule has 0 aromatic rings. The van der Waals surface area contributed by atoms with E-state index in [0.29, 0.717) is 0 Å². The van der Waals surface area contributed by atoms with Crippen molar-refractivity contribution >= 4 is 23.5 Å². The lowest BCUT2D eigenvalue weighted by Crippen LogP contribution is -2.46. The van der Waals surface area contributed by atoms with E-state index in [1.807, 2.05) is 51.2 Å². The first-order valence-electron chi connectivity index (χ1n) is 8.28. The Kier molecular flexibility index (Phi) is 6.73. The highest BCUT2D eigenvalue weighted by molar-refractivity contribution is 8.17. The highest BCUT2D eigenvalue weighted by Crippen LogP contribution is 2.43. The second-order valence-electron chi connectivity index (χ2n) is 6.67. The van der Waals surface area contributed by atoms with Crippen molar-refractivity contribution in [3.05, 3.63) is 0 Å². The van der Waals surface area contributed by atoms with Gasteiger partial charge in [-0.3, -0.25) is 0 Å². The fourth-order valence-corrected chi connectivity index (χ4v) is 5.79. The van der Waals surface area contributed by atoms with Crippen LogP contribution in [0.2, 0.25) is 0 Å². The van der Waals surface area contributed by atoms with E-state index < -0.39 is 17.7 Å². The summed E-state index contributed by atoms with van der Waals surface area (Å²) >= 11 is 3.74. The van der Waals surface area contributed by atoms with Crippen molar-refractivity contribution in [2.75, 3.05) is 18.1 Å². The van der Waals surface area contributed by atoms with Gasteiger partial charge in [-0.15, -0.1) is 23.5 Å². The van der Waals surface area contributed by atoms with Crippen LogP contribution in [0.25, 0.3) is 0 Å². The Hall–Kier alpha value is 0.500. The monoisotopic (exact) mass is 366 g/mol. The number of hydrogen-bond acceptors (Lipinski definition) is 7. The van der Waals surface area contributed by atoms with E-state index in [2.05, 4.69) is 13.8 Å². The third kappa shape index (κ3) is 4.77. The van der Waals surface area contributed by atoms with Crippen LogP contribution in [0.3, 0.4) is 0 Å². The fourth-order valence-electron chi connectivity index (χ4n) is 3.13. The molecule has 5 nitrogen and oxygen atoms in total. The SMILES string of the molecule is CCSC(SCC)[C@@H]1OC(C)(C)O[C@H]1[C@H]1OC(C)(C)O[C@@H]1CO. The molecule has 0 aromatic heterocycles. The first-order valence-corrected chi connectivity index (χ1v) is 10.4. The third-order valence-corrected chi connectivity index (χ3v) is 6.50. The van der Waals surface area contributed by atoms with E-state index in [-0.39, 0.29) is 29.5 Å². The van der Waals surface area contributed by atoms with Crippen LogP contribution < -0.4 is 0 Å². The predicted octanol–water partition coefficient (Wildman–Crippen LogP) is 2.85. The second kappa shape index (κ2) is 7.81. The zero-order chi connectivity index (χ0) is 17.3. The van der Waals surface area contributed by atoms with Crippen LogP contribution in [0, 0.1) is 0 Å². The summed E-state index contributed by atoms with van der Waals surface area (Å²) in [6.07, 6.45) is -1.09. The molecule has 0 aliphatic carbocycles. The maximum atomic E-state index is 9.68. The molecule has 0 unspecified atom stereocenters. The van der Waals surface area contributed by atoms with Gasteiger partial charge in [-0.05, 0) is 39.2 Å². The van der Waals surface area contributed by atoms with Gasteiger partial charge in [0.15, 0.2) is 11.6 Å². The van der Waals surface area contributed by atoms with Gasteiger partial charge in [-0.2, -0.15) is 0 Å². The first-order chi connectivity index (χ1) is 10.7. The summed E-state index contributed by atoms with van der Waals surface area (Å²) in [7, 11) is 0. The van der Waals surface area contributed by atoms with Crippen molar-refractivity contribution in [1.82, 2.24) is 0 Å². The highest BCUT2D eigenvalue weighted by Gasteiger charge is 2.55. The molecule has 0 amide bonds. The highest BCUT2D eigenvalue weighted by atomic mass is 32.2. The normalized spacial score (nSPS) is 36.0. The largest absolute Gasteiger partial charge is 0.394 e. The lowest BCUT2D eigenvalue weighted by atomic mass is 10.0. The topological polar surface area (TPSA) is 57.2 Å². The molecular weight excluding hydrogens is 336 g/mol. The summed E-state index contributed by atoms with van der Waals surface area (Å²) in [5.41, 5.74) is 0. The lowest BCUT2D eigenvalue weighted by molar-refractivity contribution is -0.175. The van der Waals surface area contributed by atoms with E-state index in [1.165, 1.54) is 0 Å². The van der Waals surface area contributed by atoms with Gasteiger partial charge in [0.05, 0.1) is 11.2 Å². The zero-order valence-corrected chi connectivity index (χ0v) is 16.5. The van der Waals surface area contributed by atoms with Crippen LogP contribution in [0.5, 0.6) is 0 Å². The number of rotatable bonds is 7. The number of aliphatic hydroxyl groups is 1. The molecule has 2 aliphatic heterocycles. The Labute approximate surface area is 148 Å². The van der Waals surface area contributed by atoms with Gasteiger partial charge in [0.25, 0.3) is 0 Å². The lowest BCUT2D eigenvalue weighted by Gasteiger charge is -2.29. The number of aliphatic hydroxyl groups excluding tert-OH is 1. The smallest absolute Gasteiger partial charge is 0.164 e. The van der Waals surface area contributed by atoms with Gasteiger partial charge in [0, 0.05) is 0 Å². The zero-order valence-electron chi connectivity index (χ0n) is 14.9.